The van der Waals surface area contributed by atoms with Crippen molar-refractivity contribution < 1.29 is 14.2 Å². The van der Waals surface area contributed by atoms with Crippen molar-refractivity contribution in [3.05, 3.63) is 42.5 Å². The summed E-state index contributed by atoms with van der Waals surface area (Å²) in [7, 11) is 4.85. The minimum atomic E-state index is 0.632. The van der Waals surface area contributed by atoms with Gasteiger partial charge < -0.3 is 14.2 Å². The van der Waals surface area contributed by atoms with Gasteiger partial charge in [0, 0.05) is 11.1 Å². The summed E-state index contributed by atoms with van der Waals surface area (Å²) < 4.78 is 17.6. The van der Waals surface area contributed by atoms with E-state index in [1.807, 2.05) is 42.5 Å². The Bertz CT molecular complexity index is 1060. The van der Waals surface area contributed by atoms with Crippen LogP contribution in [0.5, 0.6) is 17.2 Å². The maximum atomic E-state index is 5.37. The average Bonchev–Trinajstić information content (AvgIpc) is 3.28. The molecule has 0 atom stereocenters. The molecule has 132 valence electrons. The molecule has 0 unspecified atom stereocenters. The number of nitrogens with zero attached hydrogens (tertiary/aromatic N) is 4. The Hall–Kier alpha value is -3.13. The quantitative estimate of drug-likeness (QED) is 0.537. The molecule has 2 aromatic heterocycles. The Morgan fingerprint density at radius 1 is 0.808 bits per heavy atom. The summed E-state index contributed by atoms with van der Waals surface area (Å²) in [6.07, 6.45) is 0. The van der Waals surface area contributed by atoms with Crippen LogP contribution in [0, 0.1) is 0 Å². The van der Waals surface area contributed by atoms with E-state index in [9.17, 15) is 0 Å². The molecule has 0 saturated carbocycles. The largest absolute Gasteiger partial charge is 0.497 e. The van der Waals surface area contributed by atoms with Gasteiger partial charge in [-0.2, -0.15) is 9.61 Å². The van der Waals surface area contributed by atoms with E-state index in [4.69, 9.17) is 14.2 Å². The van der Waals surface area contributed by atoms with E-state index >= 15 is 0 Å². The molecule has 0 fully saturated rings. The highest BCUT2D eigenvalue weighted by atomic mass is 32.1. The van der Waals surface area contributed by atoms with Crippen LogP contribution in [0.4, 0.5) is 0 Å². The van der Waals surface area contributed by atoms with Gasteiger partial charge in [-0.25, -0.2) is 0 Å². The predicted octanol–water partition coefficient (Wildman–Crippen LogP) is 3.55. The maximum absolute atomic E-state index is 5.37. The summed E-state index contributed by atoms with van der Waals surface area (Å²) in [6, 6.07) is 13.4. The van der Waals surface area contributed by atoms with Gasteiger partial charge >= 0.3 is 0 Å². The highest BCUT2D eigenvalue weighted by Crippen LogP contribution is 2.33. The summed E-state index contributed by atoms with van der Waals surface area (Å²) >= 11 is 1.48. The molecule has 0 N–H and O–H groups in total. The molecule has 0 saturated heterocycles. The number of methoxy groups -OCH3 is 3. The first-order valence-corrected chi connectivity index (χ1v) is 8.64. The fraction of sp³-hybridized carbons (Fsp3) is 0.167. The van der Waals surface area contributed by atoms with E-state index < -0.39 is 0 Å². The molecular formula is C18H16N4O3S. The van der Waals surface area contributed by atoms with E-state index in [0.717, 1.165) is 26.8 Å². The summed E-state index contributed by atoms with van der Waals surface area (Å²) in [6.45, 7) is 0. The maximum Gasteiger partial charge on any atom is 0.235 e. The number of hydrogen-bond acceptors (Lipinski definition) is 7. The third-order valence-corrected chi connectivity index (χ3v) is 4.92. The lowest BCUT2D eigenvalue weighted by Gasteiger charge is -2.08. The van der Waals surface area contributed by atoms with Crippen molar-refractivity contribution in [2.75, 3.05) is 21.3 Å². The van der Waals surface area contributed by atoms with Gasteiger partial charge in [-0.1, -0.05) is 11.3 Å². The normalized spacial score (nSPS) is 10.9. The molecule has 7 nitrogen and oxygen atoms in total. The van der Waals surface area contributed by atoms with Crippen LogP contribution in [-0.4, -0.2) is 41.1 Å². The summed E-state index contributed by atoms with van der Waals surface area (Å²) in [5.41, 5.74) is 1.85. The van der Waals surface area contributed by atoms with E-state index in [-0.39, 0.29) is 0 Å². The van der Waals surface area contributed by atoms with Crippen LogP contribution in [0.25, 0.3) is 26.9 Å². The Morgan fingerprint density at radius 3 is 2.23 bits per heavy atom. The third kappa shape index (κ3) is 2.74. The number of rotatable bonds is 5. The minimum Gasteiger partial charge on any atom is -0.497 e. The van der Waals surface area contributed by atoms with Crippen molar-refractivity contribution >= 4 is 16.3 Å². The topological polar surface area (TPSA) is 70.8 Å². The van der Waals surface area contributed by atoms with E-state index in [1.165, 1.54) is 11.3 Å². The summed E-state index contributed by atoms with van der Waals surface area (Å²) in [4.78, 5) is 0.723. The zero-order valence-corrected chi connectivity index (χ0v) is 15.3. The van der Waals surface area contributed by atoms with Crippen molar-refractivity contribution in [3.63, 3.8) is 0 Å². The minimum absolute atomic E-state index is 0.632. The number of fused-ring (bicyclic) bond motifs is 1. The van der Waals surface area contributed by atoms with Crippen LogP contribution in [-0.2, 0) is 0 Å². The standard InChI is InChI=1S/C18H16N4O3S/c1-23-13-7-4-11(5-8-13)17-21-22-16(19-20-18(22)26-17)12-6-9-14(24-2)15(10-12)25-3/h4-10H,1-3H3. The van der Waals surface area contributed by atoms with Gasteiger partial charge in [0.1, 0.15) is 10.8 Å². The predicted molar refractivity (Wildman–Crippen MR) is 99.2 cm³/mol. The second-order valence-corrected chi connectivity index (χ2v) is 6.38. The number of aromatic nitrogens is 4. The van der Waals surface area contributed by atoms with Crippen LogP contribution in [0.2, 0.25) is 0 Å². The Labute approximate surface area is 153 Å². The van der Waals surface area contributed by atoms with Crippen molar-refractivity contribution in [1.29, 1.82) is 0 Å². The molecule has 0 aliphatic heterocycles. The molecule has 8 heteroatoms. The summed E-state index contributed by atoms with van der Waals surface area (Å²) in [5.74, 6) is 2.75. The molecule has 2 heterocycles. The first-order valence-electron chi connectivity index (χ1n) is 7.82. The molecule has 0 aliphatic carbocycles. The van der Waals surface area contributed by atoms with Crippen LogP contribution in [0.15, 0.2) is 42.5 Å². The summed E-state index contributed by atoms with van der Waals surface area (Å²) in [5, 5.41) is 14.0. The zero-order chi connectivity index (χ0) is 18.1. The highest BCUT2D eigenvalue weighted by Gasteiger charge is 2.16. The molecule has 0 bridgehead atoms. The Balaban J connectivity index is 1.76. The molecule has 2 aromatic carbocycles. The first-order chi connectivity index (χ1) is 12.7. The fourth-order valence-corrected chi connectivity index (χ4v) is 3.47. The first kappa shape index (κ1) is 16.3. The Kier molecular flexibility index (Phi) is 4.18. The van der Waals surface area contributed by atoms with Crippen LogP contribution >= 0.6 is 11.3 Å². The second kappa shape index (κ2) is 6.64. The van der Waals surface area contributed by atoms with Crippen LogP contribution in [0.3, 0.4) is 0 Å². The third-order valence-electron chi connectivity index (χ3n) is 3.97. The lowest BCUT2D eigenvalue weighted by molar-refractivity contribution is 0.355. The highest BCUT2D eigenvalue weighted by molar-refractivity contribution is 7.19. The van der Waals surface area contributed by atoms with Crippen molar-refractivity contribution in [2.45, 2.75) is 0 Å². The van der Waals surface area contributed by atoms with Crippen molar-refractivity contribution in [2.24, 2.45) is 0 Å². The molecule has 0 amide bonds. The van der Waals surface area contributed by atoms with Crippen molar-refractivity contribution in [1.82, 2.24) is 19.8 Å². The molecule has 4 rings (SSSR count). The zero-order valence-electron chi connectivity index (χ0n) is 14.5. The van der Waals surface area contributed by atoms with Crippen LogP contribution < -0.4 is 14.2 Å². The lowest BCUT2D eigenvalue weighted by atomic mass is 10.2. The molecule has 26 heavy (non-hydrogen) atoms. The van der Waals surface area contributed by atoms with E-state index in [1.54, 1.807) is 25.8 Å². The van der Waals surface area contributed by atoms with Gasteiger partial charge in [0.2, 0.25) is 4.96 Å². The molecule has 0 aliphatic rings. The van der Waals surface area contributed by atoms with Gasteiger partial charge in [0.25, 0.3) is 0 Å². The van der Waals surface area contributed by atoms with E-state index in [2.05, 4.69) is 15.3 Å². The second-order valence-electron chi connectivity index (χ2n) is 5.42. The lowest BCUT2D eigenvalue weighted by Crippen LogP contribution is -1.94. The smallest absolute Gasteiger partial charge is 0.235 e. The molecule has 0 radical (unpaired) electrons. The van der Waals surface area contributed by atoms with Gasteiger partial charge in [-0.15, -0.1) is 10.2 Å². The molecular weight excluding hydrogens is 352 g/mol. The van der Waals surface area contributed by atoms with Gasteiger partial charge in [-0.3, -0.25) is 0 Å². The number of benzene rings is 2. The van der Waals surface area contributed by atoms with Gasteiger partial charge in [0.15, 0.2) is 17.3 Å². The number of ether oxygens (including phenoxy) is 3. The van der Waals surface area contributed by atoms with Crippen molar-refractivity contribution in [3.8, 4) is 39.2 Å². The molecule has 0 spiro atoms. The monoisotopic (exact) mass is 368 g/mol. The average molecular weight is 368 g/mol. The van der Waals surface area contributed by atoms with Gasteiger partial charge in [-0.05, 0) is 42.5 Å². The number of hydrogen-bond donors (Lipinski definition) is 0. The SMILES string of the molecule is COc1ccc(-c2nn3c(-c4ccc(OC)c(OC)c4)nnc3s2)cc1. The fourth-order valence-electron chi connectivity index (χ4n) is 2.62. The Morgan fingerprint density at radius 2 is 1.54 bits per heavy atom. The van der Waals surface area contributed by atoms with E-state index in [0.29, 0.717) is 17.3 Å². The van der Waals surface area contributed by atoms with Crippen LogP contribution in [0.1, 0.15) is 0 Å². The molecule has 4 aromatic rings. The van der Waals surface area contributed by atoms with Gasteiger partial charge in [0.05, 0.1) is 21.3 Å².